The molecule has 1 N–H and O–H groups in total. The minimum absolute atomic E-state index is 0.694. The Morgan fingerprint density at radius 3 is 2.89 bits per heavy atom. The molecule has 4 heteroatoms. The Balaban J connectivity index is 1.63. The molecule has 1 aromatic heterocycles. The maximum Gasteiger partial charge on any atom is 0.226 e. The largest absolute Gasteiger partial charge is 0.339 e. The molecule has 1 fully saturated rings. The fourth-order valence-electron chi connectivity index (χ4n) is 2.46. The highest BCUT2D eigenvalue weighted by Crippen LogP contribution is 2.19. The molecule has 1 aliphatic heterocycles. The summed E-state index contributed by atoms with van der Waals surface area (Å²) in [6, 6.07) is 8.20. The van der Waals surface area contributed by atoms with Gasteiger partial charge in [-0.25, -0.2) is 0 Å². The number of benzene rings is 1. The molecule has 2 aromatic rings. The highest BCUT2D eigenvalue weighted by molar-refractivity contribution is 5.54. The van der Waals surface area contributed by atoms with E-state index in [0.717, 1.165) is 43.3 Å². The quantitative estimate of drug-likeness (QED) is 0.914. The third kappa shape index (κ3) is 3.01. The van der Waals surface area contributed by atoms with Crippen LogP contribution in [0.1, 0.15) is 24.3 Å². The number of aryl methyl sites for hydroxylation is 2. The van der Waals surface area contributed by atoms with Crippen molar-refractivity contribution in [1.29, 1.82) is 0 Å². The monoisotopic (exact) mass is 257 g/mol. The van der Waals surface area contributed by atoms with E-state index >= 15 is 0 Å². The van der Waals surface area contributed by atoms with E-state index in [-0.39, 0.29) is 0 Å². The summed E-state index contributed by atoms with van der Waals surface area (Å²) in [4.78, 5) is 4.47. The molecular weight excluding hydrogens is 238 g/mol. The molecule has 4 nitrogen and oxygen atoms in total. The fraction of sp³-hybridized carbons (Fsp3) is 0.467. The summed E-state index contributed by atoms with van der Waals surface area (Å²) >= 11 is 0. The van der Waals surface area contributed by atoms with Gasteiger partial charge in [-0.15, -0.1) is 0 Å². The van der Waals surface area contributed by atoms with Crippen LogP contribution in [0.15, 0.2) is 28.8 Å². The van der Waals surface area contributed by atoms with Gasteiger partial charge in [-0.2, -0.15) is 4.98 Å². The van der Waals surface area contributed by atoms with Crippen molar-refractivity contribution < 1.29 is 4.52 Å². The Morgan fingerprint density at radius 2 is 2.16 bits per heavy atom. The lowest BCUT2D eigenvalue weighted by Gasteiger charge is -2.03. The zero-order valence-corrected chi connectivity index (χ0v) is 11.2. The van der Waals surface area contributed by atoms with E-state index < -0.39 is 0 Å². The molecular formula is C15H19N3O. The lowest BCUT2D eigenvalue weighted by Crippen LogP contribution is -2.09. The zero-order chi connectivity index (χ0) is 13.1. The summed E-state index contributed by atoms with van der Waals surface area (Å²) in [6.07, 6.45) is 3.27. The first-order chi connectivity index (χ1) is 9.31. The predicted octanol–water partition coefficient (Wildman–Crippen LogP) is 2.59. The van der Waals surface area contributed by atoms with Crippen LogP contribution in [0.5, 0.6) is 0 Å². The van der Waals surface area contributed by atoms with Crippen molar-refractivity contribution in [3.8, 4) is 11.4 Å². The summed E-state index contributed by atoms with van der Waals surface area (Å²) < 4.78 is 5.33. The van der Waals surface area contributed by atoms with Gasteiger partial charge in [-0.1, -0.05) is 35.0 Å². The molecule has 3 rings (SSSR count). The number of aromatic nitrogens is 2. The van der Waals surface area contributed by atoms with Crippen molar-refractivity contribution >= 4 is 0 Å². The van der Waals surface area contributed by atoms with Crippen molar-refractivity contribution in [2.24, 2.45) is 5.92 Å². The number of nitrogens with one attached hydrogen (secondary N) is 1. The standard InChI is InChI=1S/C15H19N3O/c1-11-2-5-13(6-3-11)15-17-14(19-18-15)7-4-12-8-9-16-10-12/h2-3,5-6,12,16H,4,7-10H2,1H3. The normalized spacial score (nSPS) is 18.9. The second-order valence-electron chi connectivity index (χ2n) is 5.28. The average molecular weight is 257 g/mol. The van der Waals surface area contributed by atoms with Gasteiger partial charge in [0.15, 0.2) is 0 Å². The van der Waals surface area contributed by atoms with Crippen molar-refractivity contribution in [1.82, 2.24) is 15.5 Å². The smallest absolute Gasteiger partial charge is 0.226 e. The summed E-state index contributed by atoms with van der Waals surface area (Å²) in [5.41, 5.74) is 2.25. The van der Waals surface area contributed by atoms with Gasteiger partial charge in [0.2, 0.25) is 11.7 Å². The predicted molar refractivity (Wildman–Crippen MR) is 73.8 cm³/mol. The third-order valence-corrected chi connectivity index (χ3v) is 3.71. The second-order valence-corrected chi connectivity index (χ2v) is 5.28. The highest BCUT2D eigenvalue weighted by atomic mass is 16.5. The van der Waals surface area contributed by atoms with Crippen LogP contribution in [-0.4, -0.2) is 23.2 Å². The fourth-order valence-corrected chi connectivity index (χ4v) is 2.46. The molecule has 2 heterocycles. The lowest BCUT2D eigenvalue weighted by molar-refractivity contribution is 0.365. The van der Waals surface area contributed by atoms with E-state index in [1.165, 1.54) is 12.0 Å². The molecule has 0 spiro atoms. The van der Waals surface area contributed by atoms with Crippen LogP contribution < -0.4 is 5.32 Å². The Hall–Kier alpha value is -1.68. The third-order valence-electron chi connectivity index (χ3n) is 3.71. The van der Waals surface area contributed by atoms with Crippen LogP contribution >= 0.6 is 0 Å². The first-order valence-corrected chi connectivity index (χ1v) is 6.91. The topological polar surface area (TPSA) is 51.0 Å². The van der Waals surface area contributed by atoms with E-state index in [0.29, 0.717) is 5.82 Å². The summed E-state index contributed by atoms with van der Waals surface area (Å²) in [6.45, 7) is 4.34. The van der Waals surface area contributed by atoms with Crippen molar-refractivity contribution in [3.05, 3.63) is 35.7 Å². The second kappa shape index (κ2) is 5.53. The Morgan fingerprint density at radius 1 is 1.32 bits per heavy atom. The van der Waals surface area contributed by atoms with Crippen LogP contribution in [0.25, 0.3) is 11.4 Å². The van der Waals surface area contributed by atoms with Crippen molar-refractivity contribution in [2.45, 2.75) is 26.2 Å². The molecule has 100 valence electrons. The molecule has 0 amide bonds. The molecule has 0 radical (unpaired) electrons. The van der Waals surface area contributed by atoms with Crippen molar-refractivity contribution in [2.75, 3.05) is 13.1 Å². The molecule has 1 aromatic carbocycles. The number of hydrogen-bond donors (Lipinski definition) is 1. The zero-order valence-electron chi connectivity index (χ0n) is 11.2. The molecule has 1 aliphatic rings. The van der Waals surface area contributed by atoms with E-state index in [1.807, 2.05) is 12.1 Å². The molecule has 1 saturated heterocycles. The SMILES string of the molecule is Cc1ccc(-c2noc(CCC3CCNC3)n2)cc1. The number of nitrogens with zero attached hydrogens (tertiary/aromatic N) is 2. The van der Waals surface area contributed by atoms with Crippen LogP contribution in [0.3, 0.4) is 0 Å². The molecule has 1 unspecified atom stereocenters. The van der Waals surface area contributed by atoms with Gasteiger partial charge in [-0.3, -0.25) is 0 Å². The first kappa shape index (κ1) is 12.4. The number of hydrogen-bond acceptors (Lipinski definition) is 4. The van der Waals surface area contributed by atoms with E-state index in [2.05, 4.69) is 34.5 Å². The van der Waals surface area contributed by atoms with E-state index in [4.69, 9.17) is 4.52 Å². The van der Waals surface area contributed by atoms with E-state index in [9.17, 15) is 0 Å². The highest BCUT2D eigenvalue weighted by Gasteiger charge is 2.16. The van der Waals surface area contributed by atoms with Crippen LogP contribution in [-0.2, 0) is 6.42 Å². The van der Waals surface area contributed by atoms with Gasteiger partial charge in [0.25, 0.3) is 0 Å². The summed E-state index contributed by atoms with van der Waals surface area (Å²) in [7, 11) is 0. The Kier molecular flexibility index (Phi) is 3.60. The van der Waals surface area contributed by atoms with Gasteiger partial charge < -0.3 is 9.84 Å². The number of rotatable bonds is 4. The van der Waals surface area contributed by atoms with Crippen molar-refractivity contribution in [3.63, 3.8) is 0 Å². The summed E-state index contributed by atoms with van der Waals surface area (Å²) in [5, 5.41) is 7.44. The Bertz CT molecular complexity index is 527. The molecule has 0 bridgehead atoms. The van der Waals surface area contributed by atoms with E-state index in [1.54, 1.807) is 0 Å². The Labute approximate surface area is 113 Å². The van der Waals surface area contributed by atoms with Gasteiger partial charge in [0.05, 0.1) is 0 Å². The van der Waals surface area contributed by atoms with Gasteiger partial charge in [0, 0.05) is 12.0 Å². The van der Waals surface area contributed by atoms with Crippen LogP contribution in [0.4, 0.5) is 0 Å². The first-order valence-electron chi connectivity index (χ1n) is 6.91. The minimum atomic E-state index is 0.694. The van der Waals surface area contributed by atoms with Gasteiger partial charge in [-0.05, 0) is 38.8 Å². The van der Waals surface area contributed by atoms with Gasteiger partial charge >= 0.3 is 0 Å². The molecule has 0 aliphatic carbocycles. The average Bonchev–Trinajstić information content (AvgIpc) is 3.09. The lowest BCUT2D eigenvalue weighted by atomic mass is 10.0. The maximum atomic E-state index is 5.33. The van der Waals surface area contributed by atoms with Gasteiger partial charge in [0.1, 0.15) is 0 Å². The molecule has 19 heavy (non-hydrogen) atoms. The van der Waals surface area contributed by atoms with Crippen LogP contribution in [0.2, 0.25) is 0 Å². The maximum absolute atomic E-state index is 5.33. The molecule has 1 atom stereocenters. The van der Waals surface area contributed by atoms with Crippen LogP contribution in [0, 0.1) is 12.8 Å². The summed E-state index contributed by atoms with van der Waals surface area (Å²) in [5.74, 6) is 2.21. The minimum Gasteiger partial charge on any atom is -0.339 e. The molecule has 0 saturated carbocycles.